The molecule has 6 nitrogen and oxygen atoms in total. The number of rotatable bonds is 5. The zero-order chi connectivity index (χ0) is 14.5. The summed E-state index contributed by atoms with van der Waals surface area (Å²) in [6.07, 6.45) is 2.88. The maximum Gasteiger partial charge on any atom is 0.317 e. The molecule has 2 N–H and O–H groups in total. The Balaban J connectivity index is 1.80. The van der Waals surface area contributed by atoms with Crippen molar-refractivity contribution in [3.63, 3.8) is 0 Å². The molecule has 114 valence electrons. The van der Waals surface area contributed by atoms with Crippen molar-refractivity contribution < 1.29 is 19.4 Å². The molecule has 3 atom stereocenters. The lowest BCUT2D eigenvalue weighted by atomic mass is 9.94. The molecule has 2 fully saturated rings. The van der Waals surface area contributed by atoms with E-state index in [4.69, 9.17) is 9.84 Å². The predicted octanol–water partition coefficient (Wildman–Crippen LogP) is 0.324. The first kappa shape index (κ1) is 15.3. The highest BCUT2D eigenvalue weighted by Gasteiger charge is 2.35. The van der Waals surface area contributed by atoms with Gasteiger partial charge in [0.1, 0.15) is 0 Å². The van der Waals surface area contributed by atoms with Crippen molar-refractivity contribution >= 4 is 11.9 Å². The van der Waals surface area contributed by atoms with Crippen molar-refractivity contribution in [2.45, 2.75) is 32.3 Å². The van der Waals surface area contributed by atoms with Gasteiger partial charge in [-0.2, -0.15) is 0 Å². The van der Waals surface area contributed by atoms with Gasteiger partial charge < -0.3 is 20.1 Å². The standard InChI is InChI=1S/C14H24N2O4/c1-10-12(4-6-20-10)14(19)16-5-2-3-11(9-16)7-15-8-13(17)18/h10-12,15H,2-9H2,1H3,(H,17,18). The second-order valence-corrected chi connectivity index (χ2v) is 5.79. The van der Waals surface area contributed by atoms with Crippen molar-refractivity contribution in [3.05, 3.63) is 0 Å². The number of carbonyl (C=O) groups excluding carboxylic acids is 1. The molecule has 6 heteroatoms. The fourth-order valence-corrected chi connectivity index (χ4v) is 3.11. The number of ether oxygens (including phenoxy) is 1. The van der Waals surface area contributed by atoms with Crippen LogP contribution in [0.3, 0.4) is 0 Å². The van der Waals surface area contributed by atoms with Crippen LogP contribution in [0.15, 0.2) is 0 Å². The molecule has 2 aliphatic rings. The molecular formula is C14H24N2O4. The normalized spacial score (nSPS) is 30.4. The summed E-state index contributed by atoms with van der Waals surface area (Å²) in [6, 6.07) is 0. The lowest BCUT2D eigenvalue weighted by Crippen LogP contribution is -2.46. The van der Waals surface area contributed by atoms with Crippen molar-refractivity contribution in [2.24, 2.45) is 11.8 Å². The monoisotopic (exact) mass is 284 g/mol. The number of amides is 1. The quantitative estimate of drug-likeness (QED) is 0.760. The minimum absolute atomic E-state index is 0.000675. The van der Waals surface area contributed by atoms with Gasteiger partial charge in [0.2, 0.25) is 5.91 Å². The van der Waals surface area contributed by atoms with Gasteiger partial charge in [0.15, 0.2) is 0 Å². The molecule has 1 amide bonds. The Labute approximate surface area is 119 Å². The molecular weight excluding hydrogens is 260 g/mol. The first-order valence-corrected chi connectivity index (χ1v) is 7.41. The van der Waals surface area contributed by atoms with Crippen LogP contribution < -0.4 is 5.32 Å². The highest BCUT2D eigenvalue weighted by Crippen LogP contribution is 2.25. The Morgan fingerprint density at radius 3 is 2.85 bits per heavy atom. The van der Waals surface area contributed by atoms with E-state index >= 15 is 0 Å². The second kappa shape index (κ2) is 7.04. The van der Waals surface area contributed by atoms with Gasteiger partial charge in [-0.25, -0.2) is 0 Å². The molecule has 2 rings (SSSR count). The summed E-state index contributed by atoms with van der Waals surface area (Å²) in [6.45, 7) is 4.83. The largest absolute Gasteiger partial charge is 0.480 e. The Kier molecular flexibility index (Phi) is 5.37. The van der Waals surface area contributed by atoms with Gasteiger partial charge in [0.05, 0.1) is 18.6 Å². The molecule has 3 unspecified atom stereocenters. The van der Waals surface area contributed by atoms with Crippen LogP contribution >= 0.6 is 0 Å². The minimum atomic E-state index is -0.842. The predicted molar refractivity (Wildman–Crippen MR) is 73.3 cm³/mol. The average Bonchev–Trinajstić information content (AvgIpc) is 2.84. The zero-order valence-electron chi connectivity index (χ0n) is 12.0. The first-order valence-electron chi connectivity index (χ1n) is 7.41. The van der Waals surface area contributed by atoms with Crippen LogP contribution in [-0.4, -0.2) is 60.8 Å². The van der Waals surface area contributed by atoms with Crippen LogP contribution in [0.2, 0.25) is 0 Å². The Hall–Kier alpha value is -1.14. The van der Waals surface area contributed by atoms with Gasteiger partial charge in [0.25, 0.3) is 0 Å². The summed E-state index contributed by atoms with van der Waals surface area (Å²) >= 11 is 0. The van der Waals surface area contributed by atoms with Crippen molar-refractivity contribution in [1.82, 2.24) is 10.2 Å². The molecule has 0 aromatic carbocycles. The van der Waals surface area contributed by atoms with Crippen LogP contribution in [-0.2, 0) is 14.3 Å². The number of nitrogens with zero attached hydrogens (tertiary/aromatic N) is 1. The van der Waals surface area contributed by atoms with Gasteiger partial charge in [-0.1, -0.05) is 0 Å². The third-order valence-electron chi connectivity index (χ3n) is 4.23. The van der Waals surface area contributed by atoms with Crippen LogP contribution in [0.1, 0.15) is 26.2 Å². The van der Waals surface area contributed by atoms with Crippen LogP contribution in [0, 0.1) is 11.8 Å². The second-order valence-electron chi connectivity index (χ2n) is 5.79. The number of hydrogen-bond donors (Lipinski definition) is 2. The molecule has 0 radical (unpaired) electrons. The molecule has 0 aromatic rings. The summed E-state index contributed by atoms with van der Waals surface area (Å²) < 4.78 is 5.47. The number of likely N-dealkylation sites (tertiary alicyclic amines) is 1. The van der Waals surface area contributed by atoms with E-state index in [2.05, 4.69) is 5.32 Å². The number of hydrogen-bond acceptors (Lipinski definition) is 4. The lowest BCUT2D eigenvalue weighted by Gasteiger charge is -2.35. The lowest BCUT2D eigenvalue weighted by molar-refractivity contribution is -0.139. The van der Waals surface area contributed by atoms with Crippen LogP contribution in [0.4, 0.5) is 0 Å². The van der Waals surface area contributed by atoms with E-state index in [1.165, 1.54) is 0 Å². The molecule has 0 saturated carbocycles. The SMILES string of the molecule is CC1OCCC1C(=O)N1CCCC(CNCC(=O)O)C1. The number of nitrogens with one attached hydrogen (secondary N) is 1. The van der Waals surface area contributed by atoms with E-state index < -0.39 is 5.97 Å². The van der Waals surface area contributed by atoms with Gasteiger partial charge in [0, 0.05) is 26.2 Å². The van der Waals surface area contributed by atoms with E-state index in [1.807, 2.05) is 11.8 Å². The zero-order valence-corrected chi connectivity index (χ0v) is 12.0. The Morgan fingerprint density at radius 2 is 2.20 bits per heavy atom. The molecule has 0 aliphatic carbocycles. The van der Waals surface area contributed by atoms with Gasteiger partial charge >= 0.3 is 5.97 Å². The van der Waals surface area contributed by atoms with Crippen molar-refractivity contribution in [2.75, 3.05) is 32.8 Å². The van der Waals surface area contributed by atoms with E-state index in [-0.39, 0.29) is 24.5 Å². The summed E-state index contributed by atoms with van der Waals surface area (Å²) in [7, 11) is 0. The Bertz CT molecular complexity index is 361. The number of carboxylic acid groups (broad SMARTS) is 1. The molecule has 2 heterocycles. The number of carbonyl (C=O) groups is 2. The van der Waals surface area contributed by atoms with Gasteiger partial charge in [-0.15, -0.1) is 0 Å². The highest BCUT2D eigenvalue weighted by atomic mass is 16.5. The fourth-order valence-electron chi connectivity index (χ4n) is 3.11. The van der Waals surface area contributed by atoms with Crippen molar-refractivity contribution in [1.29, 1.82) is 0 Å². The van der Waals surface area contributed by atoms with E-state index in [0.29, 0.717) is 19.1 Å². The molecule has 0 bridgehead atoms. The third kappa shape index (κ3) is 3.93. The van der Waals surface area contributed by atoms with Crippen molar-refractivity contribution in [3.8, 4) is 0 Å². The molecule has 0 spiro atoms. The van der Waals surface area contributed by atoms with Crippen LogP contribution in [0.5, 0.6) is 0 Å². The molecule has 20 heavy (non-hydrogen) atoms. The molecule has 2 saturated heterocycles. The van der Waals surface area contributed by atoms with E-state index in [9.17, 15) is 9.59 Å². The first-order chi connectivity index (χ1) is 9.58. The highest BCUT2D eigenvalue weighted by molar-refractivity contribution is 5.79. The Morgan fingerprint density at radius 1 is 1.40 bits per heavy atom. The maximum atomic E-state index is 12.5. The summed E-state index contributed by atoms with van der Waals surface area (Å²) in [5, 5.41) is 11.5. The topological polar surface area (TPSA) is 78.9 Å². The van der Waals surface area contributed by atoms with Gasteiger partial charge in [-0.3, -0.25) is 9.59 Å². The fraction of sp³-hybridized carbons (Fsp3) is 0.857. The van der Waals surface area contributed by atoms with Crippen LogP contribution in [0.25, 0.3) is 0 Å². The summed E-state index contributed by atoms with van der Waals surface area (Å²) in [4.78, 5) is 24.9. The van der Waals surface area contributed by atoms with E-state index in [0.717, 1.165) is 32.4 Å². The molecule has 0 aromatic heterocycles. The number of carboxylic acids is 1. The smallest absolute Gasteiger partial charge is 0.317 e. The minimum Gasteiger partial charge on any atom is -0.480 e. The third-order valence-corrected chi connectivity index (χ3v) is 4.23. The summed E-state index contributed by atoms with van der Waals surface area (Å²) in [5.74, 6) is -0.283. The molecule has 2 aliphatic heterocycles. The van der Waals surface area contributed by atoms with E-state index in [1.54, 1.807) is 0 Å². The average molecular weight is 284 g/mol. The number of aliphatic carboxylic acids is 1. The number of piperidine rings is 1. The van der Waals surface area contributed by atoms with Gasteiger partial charge in [-0.05, 0) is 32.1 Å². The summed E-state index contributed by atoms with van der Waals surface area (Å²) in [5.41, 5.74) is 0. The maximum absolute atomic E-state index is 12.5.